The Balaban J connectivity index is 1.55. The molecule has 3 rings (SSSR count). The fourth-order valence-electron chi connectivity index (χ4n) is 4.25. The average molecular weight is 346 g/mol. The molecule has 2 saturated heterocycles. The summed E-state index contributed by atoms with van der Waals surface area (Å²) in [5.74, 6) is 0.0422. The van der Waals surface area contributed by atoms with Gasteiger partial charge in [-0.3, -0.25) is 0 Å². The quantitative estimate of drug-likeness (QED) is 0.880. The zero-order valence-corrected chi connectivity index (χ0v) is 15.3. The van der Waals surface area contributed by atoms with Gasteiger partial charge >= 0.3 is 6.03 Å². The Bertz CT molecular complexity index is 584. The molecule has 0 radical (unpaired) electrons. The van der Waals surface area contributed by atoms with E-state index in [1.165, 1.54) is 16.7 Å². The van der Waals surface area contributed by atoms with Crippen molar-refractivity contribution in [1.82, 2.24) is 10.2 Å². The first-order chi connectivity index (χ1) is 12.1. The van der Waals surface area contributed by atoms with Crippen molar-refractivity contribution in [3.8, 4) is 0 Å². The van der Waals surface area contributed by atoms with Gasteiger partial charge < -0.3 is 20.1 Å². The molecule has 1 aromatic carbocycles. The first-order valence-electron chi connectivity index (χ1n) is 9.43. The summed E-state index contributed by atoms with van der Waals surface area (Å²) in [6.07, 6.45) is 3.11. The van der Waals surface area contributed by atoms with Crippen LogP contribution in [0.25, 0.3) is 0 Å². The number of amides is 2. The lowest BCUT2D eigenvalue weighted by atomic mass is 9.89. The zero-order valence-electron chi connectivity index (χ0n) is 15.3. The highest BCUT2D eigenvalue weighted by molar-refractivity contribution is 5.75. The van der Waals surface area contributed by atoms with Crippen molar-refractivity contribution in [2.75, 3.05) is 26.3 Å². The Hall–Kier alpha value is -1.59. The molecule has 3 atom stereocenters. The summed E-state index contributed by atoms with van der Waals surface area (Å²) < 4.78 is 5.54. The molecule has 2 N–H and O–H groups in total. The van der Waals surface area contributed by atoms with Gasteiger partial charge in [-0.15, -0.1) is 0 Å². The zero-order chi connectivity index (χ0) is 17.8. The third-order valence-corrected chi connectivity index (χ3v) is 5.71. The molecular formula is C20H30N2O3. The molecule has 0 bridgehead atoms. The first-order valence-corrected chi connectivity index (χ1v) is 9.43. The molecule has 0 saturated carbocycles. The molecule has 25 heavy (non-hydrogen) atoms. The number of aliphatic hydroxyl groups is 1. The normalized spacial score (nSPS) is 26.7. The predicted octanol–water partition coefficient (Wildman–Crippen LogP) is 2.42. The summed E-state index contributed by atoms with van der Waals surface area (Å²) in [6.45, 7) is 6.81. The average Bonchev–Trinajstić information content (AvgIpc) is 3.07. The van der Waals surface area contributed by atoms with E-state index in [0.717, 1.165) is 25.8 Å². The molecule has 0 aliphatic carbocycles. The molecule has 0 spiro atoms. The fourth-order valence-corrected chi connectivity index (χ4v) is 4.25. The second-order valence-corrected chi connectivity index (χ2v) is 7.35. The van der Waals surface area contributed by atoms with Crippen molar-refractivity contribution in [2.45, 2.75) is 51.7 Å². The number of benzene rings is 1. The lowest BCUT2D eigenvalue weighted by Gasteiger charge is -2.36. The van der Waals surface area contributed by atoms with Gasteiger partial charge in [-0.25, -0.2) is 4.79 Å². The summed E-state index contributed by atoms with van der Waals surface area (Å²) >= 11 is 0. The van der Waals surface area contributed by atoms with E-state index in [1.54, 1.807) is 0 Å². The van der Waals surface area contributed by atoms with E-state index in [-0.39, 0.29) is 24.1 Å². The van der Waals surface area contributed by atoms with Gasteiger partial charge in [0.15, 0.2) is 0 Å². The van der Waals surface area contributed by atoms with Gasteiger partial charge in [-0.05, 0) is 56.2 Å². The topological polar surface area (TPSA) is 61.8 Å². The number of nitrogens with one attached hydrogen (secondary N) is 1. The van der Waals surface area contributed by atoms with Crippen LogP contribution in [0.1, 0.15) is 36.0 Å². The van der Waals surface area contributed by atoms with E-state index in [9.17, 15) is 9.90 Å². The lowest BCUT2D eigenvalue weighted by molar-refractivity contribution is -0.0576. The van der Waals surface area contributed by atoms with Crippen molar-refractivity contribution in [3.63, 3.8) is 0 Å². The van der Waals surface area contributed by atoms with Crippen molar-refractivity contribution in [1.29, 1.82) is 0 Å². The van der Waals surface area contributed by atoms with Gasteiger partial charge in [0.25, 0.3) is 0 Å². The number of hydrogen-bond acceptors (Lipinski definition) is 3. The second kappa shape index (κ2) is 8.19. The molecule has 1 aromatic rings. The standard InChI is InChI=1S/C20H30N2O3/c1-14-5-3-6-15(2)16(14)8-10-21-20(24)22-11-4-7-18(22)17-13-25-12-9-19(17)23/h3,5-6,17-19,23H,4,7-13H2,1-2H3,(H,21,24). The summed E-state index contributed by atoms with van der Waals surface area (Å²) in [4.78, 5) is 14.6. The summed E-state index contributed by atoms with van der Waals surface area (Å²) in [5.41, 5.74) is 3.86. The molecule has 2 heterocycles. The molecule has 0 aromatic heterocycles. The number of aliphatic hydroxyl groups excluding tert-OH is 1. The maximum atomic E-state index is 12.7. The van der Waals surface area contributed by atoms with E-state index in [0.29, 0.717) is 26.2 Å². The third-order valence-electron chi connectivity index (χ3n) is 5.71. The smallest absolute Gasteiger partial charge is 0.317 e. The minimum Gasteiger partial charge on any atom is -0.393 e. The molecule has 2 aliphatic rings. The number of likely N-dealkylation sites (tertiary alicyclic amines) is 1. The number of carbonyl (C=O) groups is 1. The molecule has 2 fully saturated rings. The van der Waals surface area contributed by atoms with Crippen molar-refractivity contribution < 1.29 is 14.6 Å². The van der Waals surface area contributed by atoms with Crippen LogP contribution in [-0.4, -0.2) is 54.5 Å². The van der Waals surface area contributed by atoms with Crippen molar-refractivity contribution in [3.05, 3.63) is 34.9 Å². The molecule has 5 heteroatoms. The Kier molecular flexibility index (Phi) is 5.97. The van der Waals surface area contributed by atoms with Crippen LogP contribution >= 0.6 is 0 Å². The van der Waals surface area contributed by atoms with Crippen LogP contribution in [0.5, 0.6) is 0 Å². The predicted molar refractivity (Wildman–Crippen MR) is 97.7 cm³/mol. The highest BCUT2D eigenvalue weighted by Crippen LogP contribution is 2.29. The molecule has 2 amide bonds. The summed E-state index contributed by atoms with van der Waals surface area (Å²) in [6, 6.07) is 6.39. The Labute approximate surface area is 150 Å². The van der Waals surface area contributed by atoms with E-state index in [4.69, 9.17) is 4.74 Å². The minimum absolute atomic E-state index is 0.00786. The molecule has 2 aliphatic heterocycles. The summed E-state index contributed by atoms with van der Waals surface area (Å²) in [7, 11) is 0. The minimum atomic E-state index is -0.359. The van der Waals surface area contributed by atoms with Crippen LogP contribution in [-0.2, 0) is 11.2 Å². The van der Waals surface area contributed by atoms with Gasteiger partial charge in [0.05, 0.1) is 12.7 Å². The van der Waals surface area contributed by atoms with Crippen LogP contribution in [0, 0.1) is 19.8 Å². The third kappa shape index (κ3) is 4.15. The van der Waals surface area contributed by atoms with Crippen LogP contribution in [0.4, 0.5) is 4.79 Å². The van der Waals surface area contributed by atoms with Crippen molar-refractivity contribution in [2.24, 2.45) is 5.92 Å². The lowest BCUT2D eigenvalue weighted by Crippen LogP contribution is -2.51. The van der Waals surface area contributed by atoms with Gasteiger partial charge in [0.1, 0.15) is 0 Å². The van der Waals surface area contributed by atoms with Gasteiger partial charge in [-0.1, -0.05) is 18.2 Å². The number of urea groups is 1. The van der Waals surface area contributed by atoms with E-state index >= 15 is 0 Å². The van der Waals surface area contributed by atoms with Crippen LogP contribution in [0.15, 0.2) is 18.2 Å². The Morgan fingerprint density at radius 2 is 2.08 bits per heavy atom. The molecular weight excluding hydrogens is 316 g/mol. The maximum absolute atomic E-state index is 12.7. The molecule has 5 nitrogen and oxygen atoms in total. The van der Waals surface area contributed by atoms with Gasteiger partial charge in [0.2, 0.25) is 0 Å². The van der Waals surface area contributed by atoms with E-state index in [2.05, 4.69) is 37.4 Å². The number of nitrogens with zero attached hydrogens (tertiary/aromatic N) is 1. The monoisotopic (exact) mass is 346 g/mol. The van der Waals surface area contributed by atoms with E-state index < -0.39 is 0 Å². The first kappa shape index (κ1) is 18.2. The van der Waals surface area contributed by atoms with Crippen LogP contribution < -0.4 is 5.32 Å². The van der Waals surface area contributed by atoms with Gasteiger partial charge in [-0.2, -0.15) is 0 Å². The van der Waals surface area contributed by atoms with Crippen molar-refractivity contribution >= 4 is 6.03 Å². The van der Waals surface area contributed by atoms with Gasteiger partial charge in [0, 0.05) is 31.7 Å². The highest BCUT2D eigenvalue weighted by atomic mass is 16.5. The summed E-state index contributed by atoms with van der Waals surface area (Å²) in [5, 5.41) is 13.4. The SMILES string of the molecule is Cc1cccc(C)c1CCNC(=O)N1CCCC1C1COCCC1O. The van der Waals surface area contributed by atoms with E-state index in [1.807, 2.05) is 4.90 Å². The Morgan fingerprint density at radius 3 is 2.80 bits per heavy atom. The molecule has 3 unspecified atom stereocenters. The largest absolute Gasteiger partial charge is 0.393 e. The molecule has 138 valence electrons. The maximum Gasteiger partial charge on any atom is 0.317 e. The Morgan fingerprint density at radius 1 is 1.32 bits per heavy atom. The number of rotatable bonds is 4. The van der Waals surface area contributed by atoms with Crippen LogP contribution in [0.2, 0.25) is 0 Å². The number of ether oxygens (including phenoxy) is 1. The number of hydrogen-bond donors (Lipinski definition) is 2. The van der Waals surface area contributed by atoms with Crippen LogP contribution in [0.3, 0.4) is 0 Å². The fraction of sp³-hybridized carbons (Fsp3) is 0.650. The number of carbonyl (C=O) groups excluding carboxylic acids is 1. The second-order valence-electron chi connectivity index (χ2n) is 7.35. The highest BCUT2D eigenvalue weighted by Gasteiger charge is 2.39. The number of aryl methyl sites for hydroxylation is 2.